The first-order valence-corrected chi connectivity index (χ1v) is 31.0. The number of benzene rings is 9. The van der Waals surface area contributed by atoms with E-state index in [4.69, 9.17) is 9.97 Å². The highest BCUT2D eigenvalue weighted by Crippen LogP contribution is 2.48. The Bertz CT molecular complexity index is 4500. The van der Waals surface area contributed by atoms with Gasteiger partial charge in [-0.2, -0.15) is 0 Å². The zero-order chi connectivity index (χ0) is 60.0. The molecule has 5 heteroatoms. The van der Waals surface area contributed by atoms with E-state index in [1.54, 1.807) is 0 Å². The Morgan fingerprint density at radius 2 is 0.741 bits per heavy atom. The Balaban J connectivity index is 1.18. The van der Waals surface area contributed by atoms with Crippen LogP contribution in [-0.2, 0) is 32.5 Å². The van der Waals surface area contributed by atoms with E-state index in [-0.39, 0.29) is 39.2 Å². The van der Waals surface area contributed by atoms with E-state index in [1.165, 1.54) is 127 Å². The predicted octanol–water partition coefficient (Wildman–Crippen LogP) is 19.4. The number of hydrogen-bond acceptors (Lipinski definition) is 2. The Hall–Kier alpha value is -8.02. The van der Waals surface area contributed by atoms with Crippen molar-refractivity contribution in [3.63, 3.8) is 0 Å². The van der Waals surface area contributed by atoms with E-state index >= 15 is 0 Å². The molecule has 0 unspecified atom stereocenters. The first-order chi connectivity index (χ1) is 39.9. The number of nitrogens with zero attached hydrogens (tertiary/aromatic N) is 4. The van der Waals surface area contributed by atoms with E-state index < -0.39 is 0 Å². The molecule has 3 aromatic heterocycles. The third-order valence-corrected chi connectivity index (χ3v) is 19.0. The molecule has 0 saturated heterocycles. The van der Waals surface area contributed by atoms with Crippen LogP contribution in [0.4, 0.5) is 0 Å². The lowest BCUT2D eigenvalue weighted by Gasteiger charge is -2.34. The highest BCUT2D eigenvalue weighted by molar-refractivity contribution is 7.00. The highest BCUT2D eigenvalue weighted by Gasteiger charge is 2.43. The Morgan fingerprint density at radius 1 is 0.329 bits per heavy atom. The average molecular weight is 1110 g/mol. The molecule has 2 aliphatic heterocycles. The average Bonchev–Trinajstić information content (AvgIpc) is 1.58. The molecule has 0 fully saturated rings. The molecule has 9 aromatic carbocycles. The van der Waals surface area contributed by atoms with Crippen molar-refractivity contribution >= 4 is 77.6 Å². The monoisotopic (exact) mass is 1110 g/mol. The van der Waals surface area contributed by atoms with Gasteiger partial charge in [-0.1, -0.05) is 246 Å². The van der Waals surface area contributed by atoms with E-state index in [1.807, 2.05) is 0 Å². The molecule has 0 bridgehead atoms. The van der Waals surface area contributed by atoms with Gasteiger partial charge in [0.25, 0.3) is 6.71 Å². The van der Waals surface area contributed by atoms with Crippen LogP contribution in [0.3, 0.4) is 0 Å². The zero-order valence-corrected chi connectivity index (χ0v) is 53.5. The van der Waals surface area contributed by atoms with Crippen LogP contribution >= 0.6 is 0 Å². The third-order valence-electron chi connectivity index (χ3n) is 19.0. The molecule has 0 spiro atoms. The molecule has 424 valence electrons. The maximum Gasteiger partial charge on any atom is 0.252 e. The second kappa shape index (κ2) is 18.3. The smallest absolute Gasteiger partial charge is 0.252 e. The minimum absolute atomic E-state index is 0.0566. The topological polar surface area (TPSA) is 35.6 Å². The summed E-state index contributed by atoms with van der Waals surface area (Å²) in [5.74, 6) is 0.708. The van der Waals surface area contributed by atoms with Gasteiger partial charge >= 0.3 is 0 Å². The fraction of sp³-hybridized carbons (Fsp3) is 0.300. The third kappa shape index (κ3) is 8.67. The summed E-state index contributed by atoms with van der Waals surface area (Å²) >= 11 is 0. The Labute approximate surface area is 504 Å². The summed E-state index contributed by atoms with van der Waals surface area (Å²) in [7, 11) is 0. The molecule has 0 saturated carbocycles. The molecule has 0 atom stereocenters. The molecule has 0 N–H and O–H groups in total. The van der Waals surface area contributed by atoms with Crippen LogP contribution in [0.5, 0.6) is 0 Å². The molecule has 2 aliphatic rings. The zero-order valence-electron chi connectivity index (χ0n) is 53.5. The first kappa shape index (κ1) is 54.9. The number of fused-ring (bicyclic) bond motifs is 11. The normalized spacial score (nSPS) is 13.7. The minimum Gasteiger partial charge on any atom is -0.310 e. The van der Waals surface area contributed by atoms with Crippen molar-refractivity contribution in [2.24, 2.45) is 0 Å². The molecule has 0 radical (unpaired) electrons. The molecule has 85 heavy (non-hydrogen) atoms. The van der Waals surface area contributed by atoms with Crippen molar-refractivity contribution in [3.05, 3.63) is 197 Å². The lowest BCUT2D eigenvalue weighted by molar-refractivity contribution is 0.568. The largest absolute Gasteiger partial charge is 0.310 e. The molecule has 12 aromatic rings. The van der Waals surface area contributed by atoms with E-state index in [0.29, 0.717) is 5.82 Å². The van der Waals surface area contributed by atoms with Crippen LogP contribution in [0.2, 0.25) is 0 Å². The molecular formula is C80H81BN4. The van der Waals surface area contributed by atoms with E-state index in [2.05, 4.69) is 298 Å². The van der Waals surface area contributed by atoms with Crippen LogP contribution < -0.4 is 16.4 Å². The van der Waals surface area contributed by atoms with Crippen molar-refractivity contribution in [3.8, 4) is 56.3 Å². The summed E-state index contributed by atoms with van der Waals surface area (Å²) in [6.07, 6.45) is 0. The van der Waals surface area contributed by atoms with Crippen molar-refractivity contribution in [1.29, 1.82) is 0 Å². The standard InChI is InChI=1S/C80H81BN4/c1-75(2,3)50-28-34-64-59(44-50)68-56(47-36-52(77(7,8)9)42-53(37-47)78(10,11)12)30-32-61-72(68)84(64)66-40-49(74-82-63-27-23-22-26-58(63)71(83-74)46-24-20-19-21-25-46)41-67-70(66)81(61)62-33-31-57(48-38-54(79(13,14)15)43-55(39-48)80(16,17)18)69-60-45-51(76(4,5)6)29-35-65(60)85(67)73(62)69/h19-45H,1-18H3. The van der Waals surface area contributed by atoms with Gasteiger partial charge in [-0.25, -0.2) is 9.97 Å². The summed E-state index contributed by atoms with van der Waals surface area (Å²) < 4.78 is 5.30. The number of rotatable bonds is 4. The minimum atomic E-state index is -0.0977. The predicted molar refractivity (Wildman–Crippen MR) is 367 cm³/mol. The van der Waals surface area contributed by atoms with Gasteiger partial charge in [0, 0.05) is 60.5 Å². The summed E-state index contributed by atoms with van der Waals surface area (Å²) in [6.45, 7) is 42.3. The lowest BCUT2D eigenvalue weighted by Crippen LogP contribution is -2.59. The first-order valence-electron chi connectivity index (χ1n) is 31.0. The van der Waals surface area contributed by atoms with Crippen molar-refractivity contribution < 1.29 is 0 Å². The van der Waals surface area contributed by atoms with Gasteiger partial charge in [0.05, 0.1) is 22.2 Å². The Morgan fingerprint density at radius 3 is 1.16 bits per heavy atom. The number of hydrogen-bond donors (Lipinski definition) is 0. The van der Waals surface area contributed by atoms with Crippen LogP contribution in [-0.4, -0.2) is 25.8 Å². The number of aromatic nitrogens is 4. The quantitative estimate of drug-likeness (QED) is 0.165. The summed E-state index contributed by atoms with van der Waals surface area (Å²) in [6, 6.07) is 63.6. The van der Waals surface area contributed by atoms with E-state index in [9.17, 15) is 0 Å². The summed E-state index contributed by atoms with van der Waals surface area (Å²) in [4.78, 5) is 11.2. The molecule has 0 amide bonds. The highest BCUT2D eigenvalue weighted by atomic mass is 15.0. The maximum atomic E-state index is 5.66. The number of para-hydroxylation sites is 1. The molecule has 5 heterocycles. The van der Waals surface area contributed by atoms with Crippen molar-refractivity contribution in [2.75, 3.05) is 0 Å². The lowest BCUT2D eigenvalue weighted by atomic mass is 9.34. The van der Waals surface area contributed by atoms with Gasteiger partial charge in [0.1, 0.15) is 0 Å². The SMILES string of the molecule is CC(C)(C)c1cc(-c2ccc3c4c2c2cc(C(C)(C)C)ccc2n4-c2cc(-c4nc(-c5ccccc5)c5ccccc5n4)cc4c2B3c2ccc(-c3cc(C(C)(C)C)cc(C(C)(C)C)c3)c3c5cc(C(C)(C)C)ccc5n-4c23)cc(C(C)(C)C)c1. The van der Waals surface area contributed by atoms with Gasteiger partial charge in [0.2, 0.25) is 0 Å². The van der Waals surface area contributed by atoms with Gasteiger partial charge in [0.15, 0.2) is 5.82 Å². The van der Waals surface area contributed by atoms with Crippen LogP contribution in [0, 0.1) is 0 Å². The van der Waals surface area contributed by atoms with Crippen molar-refractivity contribution in [2.45, 2.75) is 157 Å². The van der Waals surface area contributed by atoms with Crippen molar-refractivity contribution in [1.82, 2.24) is 19.1 Å². The molecular weight excluding hydrogens is 1030 g/mol. The molecule has 14 rings (SSSR count). The van der Waals surface area contributed by atoms with Gasteiger partial charge in [-0.05, 0) is 147 Å². The van der Waals surface area contributed by atoms with Crippen LogP contribution in [0.1, 0.15) is 158 Å². The Kier molecular flexibility index (Phi) is 11.8. The second-order valence-corrected chi connectivity index (χ2v) is 31.2. The van der Waals surface area contributed by atoms with E-state index in [0.717, 1.165) is 27.7 Å². The summed E-state index contributed by atoms with van der Waals surface area (Å²) in [5.41, 5.74) is 27.9. The van der Waals surface area contributed by atoms with Gasteiger partial charge < -0.3 is 9.13 Å². The van der Waals surface area contributed by atoms with Crippen LogP contribution in [0.25, 0.3) is 111 Å². The molecule has 4 nitrogen and oxygen atoms in total. The fourth-order valence-electron chi connectivity index (χ4n) is 13.9. The second-order valence-electron chi connectivity index (χ2n) is 31.2. The van der Waals surface area contributed by atoms with Gasteiger partial charge in [-0.15, -0.1) is 0 Å². The summed E-state index contributed by atoms with van der Waals surface area (Å²) in [5, 5.41) is 6.20. The fourth-order valence-corrected chi connectivity index (χ4v) is 13.9. The van der Waals surface area contributed by atoms with Gasteiger partial charge in [-0.3, -0.25) is 0 Å². The van der Waals surface area contributed by atoms with Crippen LogP contribution in [0.15, 0.2) is 164 Å². The molecule has 0 aliphatic carbocycles. The maximum absolute atomic E-state index is 5.66.